The highest BCUT2D eigenvalue weighted by Gasteiger charge is 2.41. The van der Waals surface area contributed by atoms with E-state index in [1.165, 1.54) is 31.2 Å². The van der Waals surface area contributed by atoms with E-state index in [9.17, 15) is 22.4 Å². The predicted octanol–water partition coefficient (Wildman–Crippen LogP) is 2.64. The maximum atomic E-state index is 13.8. The van der Waals surface area contributed by atoms with Gasteiger partial charge in [-0.25, -0.2) is 4.39 Å². The van der Waals surface area contributed by atoms with Crippen LogP contribution in [0.3, 0.4) is 0 Å². The van der Waals surface area contributed by atoms with E-state index < -0.39 is 29.5 Å². The summed E-state index contributed by atoms with van der Waals surface area (Å²) < 4.78 is 57.0. The topological polar surface area (TPSA) is 77.5 Å². The summed E-state index contributed by atoms with van der Waals surface area (Å²) in [6.07, 6.45) is -4.08. The van der Waals surface area contributed by atoms with E-state index in [0.29, 0.717) is 11.8 Å². The minimum atomic E-state index is -4.78. The standard InChI is InChI=1S/C18H22F4N4O2/c1-24-14(7-15(23)18(20,21)22)11-9-26(2)17(27)10(11)8-25-13-6-4-5-12(19)16(13)28-3/h4-7,10-11,23-25H,8-9H2,1-3H3/b14-7-,23-15?/t10-,11+/m1/s1. The lowest BCUT2D eigenvalue weighted by molar-refractivity contribution is -0.129. The number of hydrogen-bond donors (Lipinski definition) is 3. The first-order valence-corrected chi connectivity index (χ1v) is 8.46. The number of nitrogens with zero attached hydrogens (tertiary/aromatic N) is 1. The number of benzene rings is 1. The average molecular weight is 402 g/mol. The molecule has 0 aliphatic carbocycles. The van der Waals surface area contributed by atoms with E-state index in [-0.39, 0.29) is 30.4 Å². The van der Waals surface area contributed by atoms with Crippen LogP contribution < -0.4 is 15.4 Å². The number of rotatable bonds is 7. The molecule has 1 heterocycles. The molecule has 2 atom stereocenters. The van der Waals surface area contributed by atoms with Crippen LogP contribution in [-0.4, -0.2) is 57.0 Å². The Morgan fingerprint density at radius 2 is 2.11 bits per heavy atom. The van der Waals surface area contributed by atoms with Crippen LogP contribution in [0.5, 0.6) is 5.75 Å². The number of halogens is 4. The summed E-state index contributed by atoms with van der Waals surface area (Å²) in [5.74, 6) is -2.13. The molecule has 1 fully saturated rings. The molecule has 10 heteroatoms. The van der Waals surface area contributed by atoms with E-state index in [0.717, 1.165) is 0 Å². The summed E-state index contributed by atoms with van der Waals surface area (Å²) in [5, 5.41) is 12.8. The van der Waals surface area contributed by atoms with Crippen molar-refractivity contribution < 1.29 is 27.1 Å². The summed E-state index contributed by atoms with van der Waals surface area (Å²) in [5.41, 5.74) is -1.03. The molecule has 28 heavy (non-hydrogen) atoms. The molecule has 1 aromatic rings. The van der Waals surface area contributed by atoms with Crippen LogP contribution in [0.15, 0.2) is 30.0 Å². The zero-order chi connectivity index (χ0) is 21.1. The molecule has 1 amide bonds. The number of carbonyl (C=O) groups is 1. The number of hydrogen-bond acceptors (Lipinski definition) is 5. The van der Waals surface area contributed by atoms with Crippen LogP contribution in [-0.2, 0) is 4.79 Å². The molecule has 1 aliphatic heterocycles. The second kappa shape index (κ2) is 8.49. The van der Waals surface area contributed by atoms with Crippen molar-refractivity contribution in [2.45, 2.75) is 6.18 Å². The normalized spacial score (nSPS) is 20.3. The second-order valence-electron chi connectivity index (χ2n) is 6.39. The molecule has 1 aliphatic rings. The SMILES string of the molecule is CN/C(=C\C(=N)C(F)(F)F)[C@H]1CN(C)C(=O)[C@@H]1CNc1cccc(F)c1OC. The molecule has 0 spiro atoms. The molecule has 1 saturated heterocycles. The van der Waals surface area contributed by atoms with Crippen LogP contribution >= 0.6 is 0 Å². The lowest BCUT2D eigenvalue weighted by Crippen LogP contribution is -2.31. The third-order valence-electron chi connectivity index (χ3n) is 4.63. The number of alkyl halides is 3. The molecule has 0 radical (unpaired) electrons. The molecule has 154 valence electrons. The Morgan fingerprint density at radius 3 is 2.68 bits per heavy atom. The van der Waals surface area contributed by atoms with Gasteiger partial charge in [0.1, 0.15) is 5.71 Å². The quantitative estimate of drug-likeness (QED) is 0.484. The number of anilines is 1. The Labute approximate surface area is 160 Å². The second-order valence-corrected chi connectivity index (χ2v) is 6.39. The Morgan fingerprint density at radius 1 is 1.43 bits per heavy atom. The van der Waals surface area contributed by atoms with Gasteiger partial charge in [0.2, 0.25) is 5.91 Å². The lowest BCUT2D eigenvalue weighted by atomic mass is 9.91. The van der Waals surface area contributed by atoms with E-state index >= 15 is 0 Å². The Kier molecular flexibility index (Phi) is 6.52. The lowest BCUT2D eigenvalue weighted by Gasteiger charge is -2.22. The maximum absolute atomic E-state index is 13.8. The van der Waals surface area contributed by atoms with Crippen LogP contribution in [0, 0.1) is 23.1 Å². The molecular weight excluding hydrogens is 380 g/mol. The van der Waals surface area contributed by atoms with Crippen molar-refractivity contribution in [2.75, 3.05) is 39.6 Å². The van der Waals surface area contributed by atoms with Gasteiger partial charge in [0.05, 0.1) is 18.7 Å². The predicted molar refractivity (Wildman–Crippen MR) is 97.0 cm³/mol. The van der Waals surface area contributed by atoms with E-state index in [1.54, 1.807) is 13.1 Å². The van der Waals surface area contributed by atoms with Gasteiger partial charge in [0, 0.05) is 38.8 Å². The van der Waals surface area contributed by atoms with Gasteiger partial charge in [-0.15, -0.1) is 0 Å². The summed E-state index contributed by atoms with van der Waals surface area (Å²) in [6, 6.07) is 4.28. The van der Waals surface area contributed by atoms with Gasteiger partial charge in [-0.05, 0) is 18.2 Å². The van der Waals surface area contributed by atoms with Crippen LogP contribution in [0.2, 0.25) is 0 Å². The van der Waals surface area contributed by atoms with Crippen molar-refractivity contribution in [3.8, 4) is 5.75 Å². The average Bonchev–Trinajstić information content (AvgIpc) is 2.91. The molecule has 0 bridgehead atoms. The first-order chi connectivity index (χ1) is 13.1. The van der Waals surface area contributed by atoms with Crippen LogP contribution in [0.4, 0.5) is 23.2 Å². The number of methoxy groups -OCH3 is 1. The molecule has 6 nitrogen and oxygen atoms in total. The summed E-state index contributed by atoms with van der Waals surface area (Å²) in [7, 11) is 4.31. The van der Waals surface area contributed by atoms with Gasteiger partial charge in [0.25, 0.3) is 0 Å². The van der Waals surface area contributed by atoms with Crippen molar-refractivity contribution in [2.24, 2.45) is 11.8 Å². The van der Waals surface area contributed by atoms with Crippen LogP contribution in [0.25, 0.3) is 0 Å². The highest BCUT2D eigenvalue weighted by molar-refractivity contribution is 5.97. The molecule has 2 rings (SSSR count). The van der Waals surface area contributed by atoms with Crippen molar-refractivity contribution in [1.29, 1.82) is 5.41 Å². The number of nitrogens with one attached hydrogen (secondary N) is 3. The summed E-state index contributed by atoms with van der Waals surface area (Å²) in [4.78, 5) is 13.9. The molecule has 3 N–H and O–H groups in total. The first kappa shape index (κ1) is 21.5. The molecule has 0 aromatic heterocycles. The number of likely N-dealkylation sites (tertiary alicyclic amines) is 1. The minimum absolute atomic E-state index is 0.0129. The zero-order valence-electron chi connectivity index (χ0n) is 15.7. The minimum Gasteiger partial charge on any atom is -0.492 e. The van der Waals surface area contributed by atoms with Gasteiger partial charge in [0.15, 0.2) is 11.6 Å². The fourth-order valence-electron chi connectivity index (χ4n) is 3.19. The first-order valence-electron chi connectivity index (χ1n) is 8.46. The highest BCUT2D eigenvalue weighted by Crippen LogP contribution is 2.32. The van der Waals surface area contributed by atoms with Crippen molar-refractivity contribution in [1.82, 2.24) is 10.2 Å². The van der Waals surface area contributed by atoms with E-state index in [1.807, 2.05) is 0 Å². The summed E-state index contributed by atoms with van der Waals surface area (Å²) in [6.45, 7) is 0.259. The third-order valence-corrected chi connectivity index (χ3v) is 4.63. The van der Waals surface area contributed by atoms with Gasteiger partial charge < -0.3 is 20.3 Å². The van der Waals surface area contributed by atoms with Gasteiger partial charge in [-0.1, -0.05) is 6.07 Å². The molecular formula is C18H22F4N4O2. The Hall–Kier alpha value is -2.78. The van der Waals surface area contributed by atoms with Crippen molar-refractivity contribution in [3.63, 3.8) is 0 Å². The van der Waals surface area contributed by atoms with E-state index in [4.69, 9.17) is 10.1 Å². The number of para-hydroxylation sites is 1. The molecule has 0 saturated carbocycles. The fourth-order valence-corrected chi connectivity index (χ4v) is 3.19. The third kappa shape index (κ3) is 4.55. The number of carbonyl (C=O) groups excluding carboxylic acids is 1. The Balaban J connectivity index is 2.26. The molecule has 0 unspecified atom stereocenters. The monoisotopic (exact) mass is 402 g/mol. The summed E-state index contributed by atoms with van der Waals surface area (Å²) >= 11 is 0. The smallest absolute Gasteiger partial charge is 0.432 e. The van der Waals surface area contributed by atoms with Crippen molar-refractivity contribution in [3.05, 3.63) is 35.8 Å². The number of allylic oxidation sites excluding steroid dienone is 1. The highest BCUT2D eigenvalue weighted by atomic mass is 19.4. The maximum Gasteiger partial charge on any atom is 0.432 e. The van der Waals surface area contributed by atoms with Gasteiger partial charge in [-0.2, -0.15) is 13.2 Å². The number of ether oxygens (including phenoxy) is 1. The van der Waals surface area contributed by atoms with E-state index in [2.05, 4.69) is 10.6 Å². The van der Waals surface area contributed by atoms with Crippen molar-refractivity contribution >= 4 is 17.3 Å². The largest absolute Gasteiger partial charge is 0.492 e. The fraction of sp³-hybridized carbons (Fsp3) is 0.444. The molecule has 1 aromatic carbocycles. The van der Waals surface area contributed by atoms with Gasteiger partial charge in [-0.3, -0.25) is 10.2 Å². The Bertz CT molecular complexity index is 779. The zero-order valence-corrected chi connectivity index (χ0v) is 15.7. The number of amides is 1. The van der Waals surface area contributed by atoms with Crippen LogP contribution in [0.1, 0.15) is 0 Å². The van der Waals surface area contributed by atoms with Gasteiger partial charge >= 0.3 is 6.18 Å².